The molecule has 0 aromatic carbocycles. The highest BCUT2D eigenvalue weighted by molar-refractivity contribution is 5.91. The summed E-state index contributed by atoms with van der Waals surface area (Å²) in [6.07, 6.45) is 7.21. The molecule has 2 aromatic rings. The van der Waals surface area contributed by atoms with Crippen LogP contribution in [0.1, 0.15) is 12.0 Å². The fraction of sp³-hybridized carbons (Fsp3) is 0.357. The Labute approximate surface area is 106 Å². The number of fused-ring (bicyclic) bond motifs is 1. The zero-order chi connectivity index (χ0) is 12.5. The molecule has 18 heavy (non-hydrogen) atoms. The normalized spacial score (nSPS) is 16.9. The van der Waals surface area contributed by atoms with Gasteiger partial charge in [-0.05, 0) is 25.1 Å². The fourth-order valence-corrected chi connectivity index (χ4v) is 2.45. The molecule has 1 aliphatic heterocycles. The highest BCUT2D eigenvalue weighted by Gasteiger charge is 2.14. The summed E-state index contributed by atoms with van der Waals surface area (Å²) in [5, 5.41) is 1.14. The number of hydrogen-bond acceptors (Lipinski definition) is 3. The second-order valence-electron chi connectivity index (χ2n) is 4.73. The lowest BCUT2D eigenvalue weighted by molar-refractivity contribution is 0.373. The molecule has 1 N–H and O–H groups in total. The Balaban J connectivity index is 2.08. The van der Waals surface area contributed by atoms with Crippen molar-refractivity contribution >= 4 is 16.6 Å². The van der Waals surface area contributed by atoms with Crippen molar-refractivity contribution in [3.05, 3.63) is 30.1 Å². The van der Waals surface area contributed by atoms with Gasteiger partial charge in [-0.15, -0.1) is 0 Å². The molecule has 0 radical (unpaired) electrons. The van der Waals surface area contributed by atoms with Crippen LogP contribution >= 0.6 is 0 Å². The third kappa shape index (κ3) is 1.88. The van der Waals surface area contributed by atoms with Crippen LogP contribution < -0.4 is 4.74 Å². The third-order valence-electron chi connectivity index (χ3n) is 3.43. The van der Waals surface area contributed by atoms with Gasteiger partial charge in [0.25, 0.3) is 0 Å². The molecular formula is C14H17N3O. The number of nitrogens with zero attached hydrogens (tertiary/aromatic N) is 2. The largest absolute Gasteiger partial charge is 0.495 e. The van der Waals surface area contributed by atoms with Crippen LogP contribution in [0.3, 0.4) is 0 Å². The lowest BCUT2D eigenvalue weighted by Crippen LogP contribution is -2.24. The van der Waals surface area contributed by atoms with E-state index in [4.69, 9.17) is 4.74 Å². The molecule has 3 heterocycles. The van der Waals surface area contributed by atoms with Crippen LogP contribution in [0.25, 0.3) is 16.6 Å². The summed E-state index contributed by atoms with van der Waals surface area (Å²) < 4.78 is 5.25. The molecule has 1 aliphatic rings. The summed E-state index contributed by atoms with van der Waals surface area (Å²) in [4.78, 5) is 9.93. The van der Waals surface area contributed by atoms with Gasteiger partial charge in [0.15, 0.2) is 0 Å². The monoisotopic (exact) mass is 243 g/mol. The first-order chi connectivity index (χ1) is 8.78. The van der Waals surface area contributed by atoms with Gasteiger partial charge in [0.1, 0.15) is 11.4 Å². The number of rotatable bonds is 2. The van der Waals surface area contributed by atoms with E-state index in [1.54, 1.807) is 13.3 Å². The number of pyridine rings is 1. The zero-order valence-corrected chi connectivity index (χ0v) is 10.7. The lowest BCUT2D eigenvalue weighted by atomic mass is 10.0. The van der Waals surface area contributed by atoms with Crippen molar-refractivity contribution in [2.45, 2.75) is 6.42 Å². The van der Waals surface area contributed by atoms with Crippen LogP contribution in [0.2, 0.25) is 0 Å². The second-order valence-corrected chi connectivity index (χ2v) is 4.73. The summed E-state index contributed by atoms with van der Waals surface area (Å²) in [6.45, 7) is 2.12. The third-order valence-corrected chi connectivity index (χ3v) is 3.43. The maximum absolute atomic E-state index is 5.25. The van der Waals surface area contributed by atoms with Gasteiger partial charge in [-0.25, -0.2) is 4.98 Å². The predicted octanol–water partition coefficient (Wildman–Crippen LogP) is 2.29. The van der Waals surface area contributed by atoms with Crippen molar-refractivity contribution in [1.29, 1.82) is 0 Å². The number of nitrogens with one attached hydrogen (secondary N) is 1. The molecule has 0 spiro atoms. The molecule has 0 atom stereocenters. The molecule has 0 fully saturated rings. The molecule has 0 saturated heterocycles. The summed E-state index contributed by atoms with van der Waals surface area (Å²) >= 11 is 0. The Morgan fingerprint density at radius 3 is 3.11 bits per heavy atom. The van der Waals surface area contributed by atoms with Gasteiger partial charge < -0.3 is 14.6 Å². The average molecular weight is 243 g/mol. The zero-order valence-electron chi connectivity index (χ0n) is 10.7. The lowest BCUT2D eigenvalue weighted by Gasteiger charge is -2.22. The van der Waals surface area contributed by atoms with Crippen molar-refractivity contribution in [1.82, 2.24) is 14.9 Å². The Morgan fingerprint density at radius 1 is 1.44 bits per heavy atom. The molecular weight excluding hydrogens is 226 g/mol. The summed E-state index contributed by atoms with van der Waals surface area (Å²) in [6, 6.07) is 2.05. The summed E-state index contributed by atoms with van der Waals surface area (Å²) in [5.74, 6) is 0.799. The van der Waals surface area contributed by atoms with E-state index in [9.17, 15) is 0 Å². The molecule has 4 nitrogen and oxygen atoms in total. The number of ether oxygens (including phenoxy) is 1. The van der Waals surface area contributed by atoms with E-state index in [0.717, 1.165) is 36.3 Å². The van der Waals surface area contributed by atoms with Gasteiger partial charge in [-0.2, -0.15) is 0 Å². The van der Waals surface area contributed by atoms with Crippen molar-refractivity contribution in [3.63, 3.8) is 0 Å². The number of aromatic amines is 1. The predicted molar refractivity (Wildman–Crippen MR) is 72.7 cm³/mol. The molecule has 2 aromatic heterocycles. The Hall–Kier alpha value is -1.81. The van der Waals surface area contributed by atoms with Gasteiger partial charge in [-0.1, -0.05) is 6.08 Å². The van der Waals surface area contributed by atoms with Crippen LogP contribution in [0.5, 0.6) is 5.75 Å². The van der Waals surface area contributed by atoms with E-state index >= 15 is 0 Å². The van der Waals surface area contributed by atoms with E-state index in [1.807, 2.05) is 12.3 Å². The standard InChI is InChI=1S/C14H17N3O/c1-17-5-3-4-10(9-17)13-8-16-14-12(13)6-11(18-2)7-15-14/h4,6-8H,3,5,9H2,1-2H3,(H,15,16). The first-order valence-corrected chi connectivity index (χ1v) is 6.17. The van der Waals surface area contributed by atoms with Crippen LogP contribution in [0, 0.1) is 0 Å². The minimum atomic E-state index is 0.799. The van der Waals surface area contributed by atoms with E-state index in [-0.39, 0.29) is 0 Å². The topological polar surface area (TPSA) is 41.1 Å². The van der Waals surface area contributed by atoms with Crippen molar-refractivity contribution in [3.8, 4) is 5.75 Å². The molecule has 94 valence electrons. The molecule has 4 heteroatoms. The number of methoxy groups -OCH3 is 1. The van der Waals surface area contributed by atoms with Crippen LogP contribution in [-0.4, -0.2) is 42.1 Å². The second kappa shape index (κ2) is 4.46. The van der Waals surface area contributed by atoms with E-state index < -0.39 is 0 Å². The molecule has 3 rings (SSSR count). The number of aromatic nitrogens is 2. The Kier molecular flexibility index (Phi) is 2.80. The fourth-order valence-electron chi connectivity index (χ4n) is 2.45. The van der Waals surface area contributed by atoms with E-state index in [2.05, 4.69) is 28.0 Å². The van der Waals surface area contributed by atoms with Gasteiger partial charge in [0.2, 0.25) is 0 Å². The maximum atomic E-state index is 5.25. The van der Waals surface area contributed by atoms with Gasteiger partial charge in [-0.3, -0.25) is 0 Å². The minimum absolute atomic E-state index is 0.799. The Morgan fingerprint density at radius 2 is 2.33 bits per heavy atom. The average Bonchev–Trinajstić information content (AvgIpc) is 2.81. The molecule has 0 saturated carbocycles. The highest BCUT2D eigenvalue weighted by Crippen LogP contribution is 2.28. The van der Waals surface area contributed by atoms with Crippen LogP contribution in [0.4, 0.5) is 0 Å². The number of H-pyrrole nitrogens is 1. The number of likely N-dealkylation sites (N-methyl/N-ethyl adjacent to an activating group) is 1. The van der Waals surface area contributed by atoms with Crippen molar-refractivity contribution in [2.75, 3.05) is 27.2 Å². The first kappa shape index (κ1) is 11.3. The quantitative estimate of drug-likeness (QED) is 0.879. The van der Waals surface area contributed by atoms with E-state index in [1.165, 1.54) is 11.1 Å². The maximum Gasteiger partial charge on any atom is 0.138 e. The first-order valence-electron chi connectivity index (χ1n) is 6.17. The molecule has 0 bridgehead atoms. The van der Waals surface area contributed by atoms with Crippen molar-refractivity contribution in [2.24, 2.45) is 0 Å². The van der Waals surface area contributed by atoms with Gasteiger partial charge in [0.05, 0.1) is 13.3 Å². The number of hydrogen-bond donors (Lipinski definition) is 1. The van der Waals surface area contributed by atoms with Crippen molar-refractivity contribution < 1.29 is 4.74 Å². The molecule has 0 amide bonds. The van der Waals surface area contributed by atoms with E-state index in [0.29, 0.717) is 0 Å². The molecule has 0 aliphatic carbocycles. The smallest absolute Gasteiger partial charge is 0.138 e. The van der Waals surface area contributed by atoms with Crippen LogP contribution in [-0.2, 0) is 0 Å². The SMILES string of the molecule is COc1cnc2[nH]cc(C3=CCCN(C)C3)c2c1. The molecule has 0 unspecified atom stereocenters. The highest BCUT2D eigenvalue weighted by atomic mass is 16.5. The van der Waals surface area contributed by atoms with Crippen LogP contribution in [0.15, 0.2) is 24.5 Å². The Bertz CT molecular complexity index is 600. The summed E-state index contributed by atoms with van der Waals surface area (Å²) in [7, 11) is 3.82. The van der Waals surface area contributed by atoms with Gasteiger partial charge >= 0.3 is 0 Å². The van der Waals surface area contributed by atoms with Gasteiger partial charge in [0, 0.05) is 30.2 Å². The summed E-state index contributed by atoms with van der Waals surface area (Å²) in [5.41, 5.74) is 3.52. The minimum Gasteiger partial charge on any atom is -0.495 e.